The standard InChI is InChI=1S/C13H11I/c1-10-2-4-11(5-3-10)12-6-8-13(14)9-7-12/h2,4-9H,1,3H2. The summed E-state index contributed by atoms with van der Waals surface area (Å²) in [5.74, 6) is 0. The van der Waals surface area contributed by atoms with Crippen molar-refractivity contribution in [3.05, 3.63) is 63.8 Å². The number of hydrogen-bond donors (Lipinski definition) is 0. The van der Waals surface area contributed by atoms with E-state index in [9.17, 15) is 0 Å². The van der Waals surface area contributed by atoms with Crippen LogP contribution in [0.2, 0.25) is 0 Å². The molecule has 0 aliphatic heterocycles. The van der Waals surface area contributed by atoms with E-state index in [4.69, 9.17) is 0 Å². The second-order valence-corrected chi connectivity index (χ2v) is 4.61. The summed E-state index contributed by atoms with van der Waals surface area (Å²) >= 11 is 2.32. The lowest BCUT2D eigenvalue weighted by atomic mass is 9.98. The predicted octanol–water partition coefficient (Wildman–Crippen LogP) is 4.19. The zero-order chi connectivity index (χ0) is 9.97. The molecular formula is C13H11I. The Morgan fingerprint density at radius 2 is 1.79 bits per heavy atom. The van der Waals surface area contributed by atoms with Gasteiger partial charge in [-0.05, 0) is 52.3 Å². The lowest BCUT2D eigenvalue weighted by Crippen LogP contribution is -1.87. The van der Waals surface area contributed by atoms with Gasteiger partial charge >= 0.3 is 0 Å². The van der Waals surface area contributed by atoms with Gasteiger partial charge < -0.3 is 0 Å². The van der Waals surface area contributed by atoms with Gasteiger partial charge in [-0.1, -0.05) is 42.5 Å². The average Bonchev–Trinajstić information content (AvgIpc) is 2.21. The highest BCUT2D eigenvalue weighted by molar-refractivity contribution is 14.1. The number of rotatable bonds is 1. The van der Waals surface area contributed by atoms with Crippen molar-refractivity contribution in [2.24, 2.45) is 0 Å². The van der Waals surface area contributed by atoms with Crippen LogP contribution < -0.4 is 0 Å². The quantitative estimate of drug-likeness (QED) is 0.681. The van der Waals surface area contributed by atoms with Crippen LogP contribution in [0.15, 0.2) is 54.6 Å². The lowest BCUT2D eigenvalue weighted by Gasteiger charge is -2.08. The summed E-state index contributed by atoms with van der Waals surface area (Å²) in [6.45, 7) is 3.92. The largest absolute Gasteiger partial charge is 0.0955 e. The van der Waals surface area contributed by atoms with Crippen molar-refractivity contribution in [1.82, 2.24) is 0 Å². The molecule has 0 aromatic heterocycles. The zero-order valence-electron chi connectivity index (χ0n) is 7.83. The Morgan fingerprint density at radius 3 is 2.36 bits per heavy atom. The lowest BCUT2D eigenvalue weighted by molar-refractivity contribution is 1.28. The van der Waals surface area contributed by atoms with Crippen LogP contribution in [-0.2, 0) is 0 Å². The van der Waals surface area contributed by atoms with Gasteiger partial charge in [0.15, 0.2) is 0 Å². The average molecular weight is 294 g/mol. The van der Waals surface area contributed by atoms with E-state index in [0.717, 1.165) is 6.42 Å². The van der Waals surface area contributed by atoms with E-state index in [1.807, 2.05) is 0 Å². The molecule has 1 aromatic carbocycles. The van der Waals surface area contributed by atoms with Gasteiger partial charge in [-0.3, -0.25) is 0 Å². The monoisotopic (exact) mass is 294 g/mol. The van der Waals surface area contributed by atoms with Crippen molar-refractivity contribution in [2.45, 2.75) is 6.42 Å². The van der Waals surface area contributed by atoms with E-state index in [2.05, 4.69) is 71.7 Å². The number of hydrogen-bond acceptors (Lipinski definition) is 0. The van der Waals surface area contributed by atoms with Gasteiger partial charge in [0, 0.05) is 3.57 Å². The number of benzene rings is 1. The molecule has 1 heteroatoms. The topological polar surface area (TPSA) is 0 Å². The Morgan fingerprint density at radius 1 is 1.07 bits per heavy atom. The fraction of sp³-hybridized carbons (Fsp3) is 0.0769. The van der Waals surface area contributed by atoms with Crippen LogP contribution in [-0.4, -0.2) is 0 Å². The van der Waals surface area contributed by atoms with Crippen molar-refractivity contribution in [3.63, 3.8) is 0 Å². The second-order valence-electron chi connectivity index (χ2n) is 3.36. The van der Waals surface area contributed by atoms with Crippen LogP contribution in [0.1, 0.15) is 12.0 Å². The summed E-state index contributed by atoms with van der Waals surface area (Å²) in [7, 11) is 0. The first-order valence-corrected chi connectivity index (χ1v) is 5.65. The maximum Gasteiger partial charge on any atom is 0.0130 e. The third kappa shape index (κ3) is 2.15. The van der Waals surface area contributed by atoms with Gasteiger partial charge in [-0.15, -0.1) is 0 Å². The SMILES string of the molecule is C=C1C=CC(c2ccc(I)cc2)=CC1. The summed E-state index contributed by atoms with van der Waals surface area (Å²) in [4.78, 5) is 0. The van der Waals surface area contributed by atoms with Crippen LogP contribution in [0, 0.1) is 3.57 Å². The minimum absolute atomic E-state index is 0.970. The molecule has 0 atom stereocenters. The van der Waals surface area contributed by atoms with Gasteiger partial charge in [0.1, 0.15) is 0 Å². The fourth-order valence-electron chi connectivity index (χ4n) is 1.44. The summed E-state index contributed by atoms with van der Waals surface area (Å²) in [5.41, 5.74) is 3.77. The van der Waals surface area contributed by atoms with Crippen molar-refractivity contribution in [1.29, 1.82) is 0 Å². The minimum atomic E-state index is 0.970. The fourth-order valence-corrected chi connectivity index (χ4v) is 1.80. The molecule has 0 spiro atoms. The Hall–Kier alpha value is -0.830. The molecule has 1 aromatic rings. The van der Waals surface area contributed by atoms with Gasteiger partial charge in [0.2, 0.25) is 0 Å². The molecule has 0 saturated heterocycles. The highest BCUT2D eigenvalue weighted by Crippen LogP contribution is 2.23. The van der Waals surface area contributed by atoms with E-state index in [-0.39, 0.29) is 0 Å². The molecule has 1 aliphatic carbocycles. The maximum atomic E-state index is 3.92. The van der Waals surface area contributed by atoms with E-state index >= 15 is 0 Å². The first-order chi connectivity index (χ1) is 6.75. The maximum absolute atomic E-state index is 3.92. The van der Waals surface area contributed by atoms with Crippen LogP contribution >= 0.6 is 22.6 Å². The Balaban J connectivity index is 2.29. The third-order valence-corrected chi connectivity index (χ3v) is 2.98. The van der Waals surface area contributed by atoms with Crippen LogP contribution in [0.5, 0.6) is 0 Å². The summed E-state index contributed by atoms with van der Waals surface area (Å²) in [6.07, 6.45) is 7.42. The van der Waals surface area contributed by atoms with Gasteiger partial charge in [0.25, 0.3) is 0 Å². The van der Waals surface area contributed by atoms with Gasteiger partial charge in [0.05, 0.1) is 0 Å². The molecule has 1 aliphatic rings. The molecule has 0 amide bonds. The van der Waals surface area contributed by atoms with E-state index in [1.165, 1.54) is 20.3 Å². The first kappa shape index (κ1) is 9.71. The molecule has 0 heterocycles. The highest BCUT2D eigenvalue weighted by Gasteiger charge is 2.01. The smallest absolute Gasteiger partial charge is 0.0130 e. The Bertz CT molecular complexity index is 407. The molecular weight excluding hydrogens is 283 g/mol. The molecule has 0 radical (unpaired) electrons. The normalized spacial score (nSPS) is 15.5. The Kier molecular flexibility index (Phi) is 2.87. The highest BCUT2D eigenvalue weighted by atomic mass is 127. The molecule has 2 rings (SSSR count). The third-order valence-electron chi connectivity index (χ3n) is 2.26. The van der Waals surface area contributed by atoms with Crippen LogP contribution in [0.25, 0.3) is 5.57 Å². The van der Waals surface area contributed by atoms with E-state index < -0.39 is 0 Å². The summed E-state index contributed by atoms with van der Waals surface area (Å²) < 4.78 is 1.27. The second kappa shape index (κ2) is 4.13. The molecule has 0 fully saturated rings. The zero-order valence-corrected chi connectivity index (χ0v) is 9.99. The van der Waals surface area contributed by atoms with Crippen molar-refractivity contribution < 1.29 is 0 Å². The van der Waals surface area contributed by atoms with Crippen LogP contribution in [0.4, 0.5) is 0 Å². The van der Waals surface area contributed by atoms with Gasteiger partial charge in [-0.2, -0.15) is 0 Å². The summed E-state index contributed by atoms with van der Waals surface area (Å²) in [6, 6.07) is 8.58. The van der Waals surface area contributed by atoms with Crippen molar-refractivity contribution in [3.8, 4) is 0 Å². The van der Waals surface area contributed by atoms with Gasteiger partial charge in [-0.25, -0.2) is 0 Å². The van der Waals surface area contributed by atoms with Crippen molar-refractivity contribution >= 4 is 28.2 Å². The molecule has 0 unspecified atom stereocenters. The molecule has 0 nitrogen and oxygen atoms in total. The Labute approximate surface area is 98.2 Å². The number of halogens is 1. The molecule has 0 bridgehead atoms. The number of allylic oxidation sites excluding steroid dienone is 5. The minimum Gasteiger partial charge on any atom is -0.0955 e. The molecule has 14 heavy (non-hydrogen) atoms. The molecule has 70 valence electrons. The summed E-state index contributed by atoms with van der Waals surface area (Å²) in [5, 5.41) is 0. The predicted molar refractivity (Wildman–Crippen MR) is 70.0 cm³/mol. The van der Waals surface area contributed by atoms with E-state index in [0.29, 0.717) is 0 Å². The van der Waals surface area contributed by atoms with Crippen LogP contribution in [0.3, 0.4) is 0 Å². The molecule has 0 N–H and O–H groups in total. The molecule has 0 saturated carbocycles. The first-order valence-electron chi connectivity index (χ1n) is 4.58. The van der Waals surface area contributed by atoms with E-state index in [1.54, 1.807) is 0 Å². The van der Waals surface area contributed by atoms with Crippen molar-refractivity contribution in [2.75, 3.05) is 0 Å².